The number of benzene rings is 2. The minimum absolute atomic E-state index is 0.00611. The Hall–Kier alpha value is -2.89. The minimum atomic E-state index is -1.22. The molecule has 0 fully saturated rings. The van der Waals surface area contributed by atoms with Gasteiger partial charge in [0, 0.05) is 34.4 Å². The molecule has 1 heterocycles. The number of carboxylic acids is 1. The Bertz CT molecular complexity index is 789. The first kappa shape index (κ1) is 14.1. The summed E-state index contributed by atoms with van der Waals surface area (Å²) in [4.78, 5) is 36.4. The van der Waals surface area contributed by atoms with Crippen LogP contribution in [0.4, 0.5) is 0 Å². The van der Waals surface area contributed by atoms with Crippen molar-refractivity contribution in [3.8, 4) is 5.75 Å². The van der Waals surface area contributed by atoms with E-state index in [2.05, 4.69) is 0 Å². The average molecular weight is 298 g/mol. The summed E-state index contributed by atoms with van der Waals surface area (Å²) in [5.74, 6) is -2.17. The van der Waals surface area contributed by atoms with Crippen LogP contribution in [0.2, 0.25) is 0 Å². The van der Waals surface area contributed by atoms with Gasteiger partial charge in [-0.25, -0.2) is 0 Å². The van der Waals surface area contributed by atoms with E-state index in [1.807, 2.05) is 0 Å². The fraction of sp³-hybridized carbons (Fsp3) is 0.188. The van der Waals surface area contributed by atoms with Gasteiger partial charge in [0.05, 0.1) is 0 Å². The third-order valence-electron chi connectivity index (χ3n) is 3.73. The maximum atomic E-state index is 12.5. The first-order chi connectivity index (χ1) is 10.5. The number of rotatable bonds is 4. The highest BCUT2D eigenvalue weighted by Gasteiger charge is 2.32. The van der Waals surface area contributed by atoms with Gasteiger partial charge in [-0.05, 0) is 31.0 Å². The lowest BCUT2D eigenvalue weighted by atomic mass is 9.93. The van der Waals surface area contributed by atoms with Crippen molar-refractivity contribution in [3.05, 3.63) is 41.5 Å². The van der Waals surface area contributed by atoms with Gasteiger partial charge in [0.2, 0.25) is 0 Å². The van der Waals surface area contributed by atoms with Crippen molar-refractivity contribution in [1.82, 2.24) is 4.90 Å². The summed E-state index contributed by atoms with van der Waals surface area (Å²) >= 11 is 0. The van der Waals surface area contributed by atoms with E-state index in [4.69, 9.17) is 0 Å². The Labute approximate surface area is 125 Å². The largest absolute Gasteiger partial charge is 0.550 e. The number of hydrogen-bond acceptors (Lipinski definition) is 5. The standard InChI is InChI=1S/C16H13NO5/c18-12-7-6-11-14-9(12)3-1-4-10(14)15(21)17(16(11)22)8-2-5-13(19)20/h1,3-4,6-7,18H,2,5,8H2,(H,19,20)/p-1. The smallest absolute Gasteiger partial charge is 0.261 e. The van der Waals surface area contributed by atoms with Gasteiger partial charge < -0.3 is 15.0 Å². The zero-order chi connectivity index (χ0) is 15.9. The zero-order valence-electron chi connectivity index (χ0n) is 11.5. The van der Waals surface area contributed by atoms with E-state index in [-0.39, 0.29) is 25.1 Å². The number of carbonyl (C=O) groups is 3. The Kier molecular flexibility index (Phi) is 3.29. The Balaban J connectivity index is 2.05. The fourth-order valence-electron chi connectivity index (χ4n) is 2.72. The molecule has 6 heteroatoms. The van der Waals surface area contributed by atoms with Gasteiger partial charge in [-0.2, -0.15) is 0 Å². The molecule has 6 nitrogen and oxygen atoms in total. The lowest BCUT2D eigenvalue weighted by molar-refractivity contribution is -0.305. The van der Waals surface area contributed by atoms with Crippen LogP contribution in [-0.4, -0.2) is 34.3 Å². The van der Waals surface area contributed by atoms with Crippen LogP contribution in [0.1, 0.15) is 33.6 Å². The number of carboxylic acid groups (broad SMARTS) is 1. The number of imide groups is 1. The van der Waals surface area contributed by atoms with Gasteiger partial charge in [-0.3, -0.25) is 14.5 Å². The molecule has 2 amide bonds. The summed E-state index contributed by atoms with van der Waals surface area (Å²) in [6.45, 7) is 0.0162. The molecule has 0 saturated carbocycles. The summed E-state index contributed by atoms with van der Waals surface area (Å²) in [6.07, 6.45) is -0.0765. The molecular weight excluding hydrogens is 286 g/mol. The SMILES string of the molecule is O=C([O-])CCCN1C(=O)c2cccc3c(O)ccc(c23)C1=O. The van der Waals surface area contributed by atoms with Gasteiger partial charge in [0.25, 0.3) is 11.8 Å². The number of nitrogens with zero attached hydrogens (tertiary/aromatic N) is 1. The first-order valence-electron chi connectivity index (χ1n) is 6.81. The van der Waals surface area contributed by atoms with Gasteiger partial charge in [-0.15, -0.1) is 0 Å². The van der Waals surface area contributed by atoms with Crippen LogP contribution in [0.15, 0.2) is 30.3 Å². The fourth-order valence-corrected chi connectivity index (χ4v) is 2.72. The molecule has 2 aromatic rings. The van der Waals surface area contributed by atoms with Gasteiger partial charge in [0.1, 0.15) is 5.75 Å². The number of phenols is 1. The van der Waals surface area contributed by atoms with Gasteiger partial charge >= 0.3 is 0 Å². The number of aliphatic carboxylic acids is 1. The second kappa shape index (κ2) is 5.14. The van der Waals surface area contributed by atoms with Crippen LogP contribution < -0.4 is 5.11 Å². The van der Waals surface area contributed by atoms with Crippen LogP contribution >= 0.6 is 0 Å². The molecule has 1 N–H and O–H groups in total. The number of aromatic hydroxyl groups is 1. The second-order valence-electron chi connectivity index (χ2n) is 5.10. The molecule has 0 radical (unpaired) electrons. The van der Waals surface area contributed by atoms with E-state index in [1.54, 1.807) is 18.2 Å². The molecule has 0 spiro atoms. The van der Waals surface area contributed by atoms with E-state index in [9.17, 15) is 24.6 Å². The predicted molar refractivity (Wildman–Crippen MR) is 75.2 cm³/mol. The van der Waals surface area contributed by atoms with E-state index >= 15 is 0 Å². The number of carbonyl (C=O) groups excluding carboxylic acids is 3. The molecular formula is C16H12NO5-. The summed E-state index contributed by atoms with van der Waals surface area (Å²) in [5.41, 5.74) is 0.660. The van der Waals surface area contributed by atoms with E-state index in [1.165, 1.54) is 12.1 Å². The number of hydrogen-bond donors (Lipinski definition) is 1. The van der Waals surface area contributed by atoms with Crippen LogP contribution in [0, 0.1) is 0 Å². The minimum Gasteiger partial charge on any atom is -0.550 e. The van der Waals surface area contributed by atoms with Crippen LogP contribution in [0.3, 0.4) is 0 Å². The second-order valence-corrected chi connectivity index (χ2v) is 5.10. The summed E-state index contributed by atoms with van der Waals surface area (Å²) in [7, 11) is 0. The highest BCUT2D eigenvalue weighted by Crippen LogP contribution is 2.34. The maximum Gasteiger partial charge on any atom is 0.261 e. The third kappa shape index (κ3) is 2.09. The number of phenolic OH excluding ortho intramolecular Hbond substituents is 1. The molecule has 0 bridgehead atoms. The molecule has 0 saturated heterocycles. The van der Waals surface area contributed by atoms with Gasteiger partial charge in [-0.1, -0.05) is 12.1 Å². The first-order valence-corrected chi connectivity index (χ1v) is 6.81. The summed E-state index contributed by atoms with van der Waals surface area (Å²) < 4.78 is 0. The summed E-state index contributed by atoms with van der Waals surface area (Å²) in [6, 6.07) is 7.75. The molecule has 0 aliphatic carbocycles. The maximum absolute atomic E-state index is 12.5. The average Bonchev–Trinajstić information content (AvgIpc) is 2.49. The van der Waals surface area contributed by atoms with Crippen LogP contribution in [0.25, 0.3) is 10.8 Å². The Morgan fingerprint density at radius 3 is 2.45 bits per heavy atom. The highest BCUT2D eigenvalue weighted by molar-refractivity contribution is 6.26. The molecule has 1 aliphatic heterocycles. The van der Waals surface area contributed by atoms with Gasteiger partial charge in [0.15, 0.2) is 0 Å². The van der Waals surface area contributed by atoms with Crippen LogP contribution in [0.5, 0.6) is 5.75 Å². The number of amides is 2. The van der Waals surface area contributed by atoms with Crippen molar-refractivity contribution in [2.45, 2.75) is 12.8 Å². The van der Waals surface area contributed by atoms with Crippen LogP contribution in [-0.2, 0) is 4.79 Å². The molecule has 2 aromatic carbocycles. The van der Waals surface area contributed by atoms with Crippen molar-refractivity contribution < 1.29 is 24.6 Å². The van der Waals surface area contributed by atoms with Crippen molar-refractivity contribution in [2.75, 3.05) is 6.54 Å². The topological polar surface area (TPSA) is 97.7 Å². The highest BCUT2D eigenvalue weighted by atomic mass is 16.4. The van der Waals surface area contributed by atoms with Crippen molar-refractivity contribution in [3.63, 3.8) is 0 Å². The molecule has 1 aliphatic rings. The van der Waals surface area contributed by atoms with E-state index in [0.29, 0.717) is 21.9 Å². The molecule has 3 rings (SSSR count). The third-order valence-corrected chi connectivity index (χ3v) is 3.73. The summed E-state index contributed by atoms with van der Waals surface area (Å²) in [5, 5.41) is 21.2. The van der Waals surface area contributed by atoms with E-state index in [0.717, 1.165) is 4.90 Å². The predicted octanol–water partition coefficient (Wildman–Crippen LogP) is 0.671. The van der Waals surface area contributed by atoms with Crippen molar-refractivity contribution in [1.29, 1.82) is 0 Å². The van der Waals surface area contributed by atoms with Crippen molar-refractivity contribution >= 4 is 28.6 Å². The molecule has 0 atom stereocenters. The lowest BCUT2D eigenvalue weighted by Gasteiger charge is -2.27. The quantitative estimate of drug-likeness (QED) is 0.837. The van der Waals surface area contributed by atoms with Crippen molar-refractivity contribution in [2.24, 2.45) is 0 Å². The Morgan fingerprint density at radius 2 is 1.77 bits per heavy atom. The normalized spacial score (nSPS) is 13.7. The zero-order valence-corrected chi connectivity index (χ0v) is 11.5. The Morgan fingerprint density at radius 1 is 1.09 bits per heavy atom. The lowest BCUT2D eigenvalue weighted by Crippen LogP contribution is -2.41. The monoisotopic (exact) mass is 298 g/mol. The molecule has 112 valence electrons. The molecule has 0 unspecified atom stereocenters. The molecule has 22 heavy (non-hydrogen) atoms. The molecule has 0 aromatic heterocycles. The van der Waals surface area contributed by atoms with E-state index < -0.39 is 17.8 Å².